The Morgan fingerprint density at radius 3 is 2.55 bits per heavy atom. The Bertz CT molecular complexity index is 1010. The molecule has 0 radical (unpaired) electrons. The van der Waals surface area contributed by atoms with Crippen molar-refractivity contribution < 1.29 is 26.8 Å². The SMILES string of the molecule is CCCC(=O)N(Cc1ccc(-c2nnc(C(F)F)o2)cc1F)c1cccc(F)c1. The summed E-state index contributed by atoms with van der Waals surface area (Å²) in [6.07, 6.45) is -2.13. The minimum absolute atomic E-state index is 0.124. The number of aromatic nitrogens is 2. The zero-order valence-electron chi connectivity index (χ0n) is 15.4. The molecule has 9 heteroatoms. The third-order valence-electron chi connectivity index (χ3n) is 4.14. The minimum atomic E-state index is -2.93. The van der Waals surface area contributed by atoms with Crippen LogP contribution < -0.4 is 4.90 Å². The number of amides is 1. The summed E-state index contributed by atoms with van der Waals surface area (Å²) >= 11 is 0. The van der Waals surface area contributed by atoms with Crippen LogP contribution in [0.25, 0.3) is 11.5 Å². The van der Waals surface area contributed by atoms with Gasteiger partial charge in [0.15, 0.2) is 0 Å². The summed E-state index contributed by atoms with van der Waals surface area (Å²) in [6, 6.07) is 9.35. The molecule has 1 heterocycles. The van der Waals surface area contributed by atoms with Crippen molar-refractivity contribution in [3.05, 3.63) is 65.6 Å². The Kier molecular flexibility index (Phi) is 6.26. The molecule has 0 fully saturated rings. The molecule has 29 heavy (non-hydrogen) atoms. The summed E-state index contributed by atoms with van der Waals surface area (Å²) in [4.78, 5) is 13.8. The van der Waals surface area contributed by atoms with E-state index in [1.165, 1.54) is 35.2 Å². The summed E-state index contributed by atoms with van der Waals surface area (Å²) in [5.41, 5.74) is 0.601. The quantitative estimate of drug-likeness (QED) is 0.500. The molecule has 0 saturated carbocycles. The van der Waals surface area contributed by atoms with Crippen molar-refractivity contribution in [2.24, 2.45) is 0 Å². The van der Waals surface area contributed by atoms with Crippen molar-refractivity contribution in [2.45, 2.75) is 32.7 Å². The number of carbonyl (C=O) groups excluding carboxylic acids is 1. The van der Waals surface area contributed by atoms with E-state index in [1.54, 1.807) is 6.07 Å². The molecule has 0 saturated heterocycles. The fourth-order valence-corrected chi connectivity index (χ4v) is 2.73. The van der Waals surface area contributed by atoms with Gasteiger partial charge in [-0.25, -0.2) is 8.78 Å². The van der Waals surface area contributed by atoms with E-state index < -0.39 is 24.0 Å². The number of carbonyl (C=O) groups is 1. The molecule has 1 amide bonds. The largest absolute Gasteiger partial charge is 0.415 e. The van der Waals surface area contributed by atoms with E-state index in [1.807, 2.05) is 6.92 Å². The van der Waals surface area contributed by atoms with E-state index in [0.29, 0.717) is 12.1 Å². The number of halogens is 4. The smallest absolute Gasteiger partial charge is 0.314 e. The van der Waals surface area contributed by atoms with E-state index in [0.717, 1.165) is 6.07 Å². The molecule has 1 aromatic heterocycles. The summed E-state index contributed by atoms with van der Waals surface area (Å²) < 4.78 is 58.2. The summed E-state index contributed by atoms with van der Waals surface area (Å²) in [5, 5.41) is 6.69. The molecule has 0 N–H and O–H groups in total. The molecule has 0 aliphatic rings. The number of alkyl halides is 2. The molecule has 0 unspecified atom stereocenters. The molecular formula is C20H17F4N3O2. The van der Waals surface area contributed by atoms with Crippen LogP contribution >= 0.6 is 0 Å². The highest BCUT2D eigenvalue weighted by Gasteiger charge is 2.20. The Balaban J connectivity index is 1.88. The number of hydrogen-bond donors (Lipinski definition) is 0. The van der Waals surface area contributed by atoms with Gasteiger partial charge in [-0.15, -0.1) is 10.2 Å². The molecular weight excluding hydrogens is 390 g/mol. The molecule has 3 rings (SSSR count). The first kappa shape index (κ1) is 20.5. The number of hydrogen-bond acceptors (Lipinski definition) is 4. The van der Waals surface area contributed by atoms with Crippen molar-refractivity contribution >= 4 is 11.6 Å². The second-order valence-electron chi connectivity index (χ2n) is 6.26. The molecule has 0 atom stereocenters. The lowest BCUT2D eigenvalue weighted by molar-refractivity contribution is -0.118. The maximum Gasteiger partial charge on any atom is 0.314 e. The highest BCUT2D eigenvalue weighted by molar-refractivity contribution is 5.93. The second kappa shape index (κ2) is 8.85. The van der Waals surface area contributed by atoms with Crippen LogP contribution in [0.1, 0.15) is 37.6 Å². The van der Waals surface area contributed by atoms with Gasteiger partial charge in [-0.2, -0.15) is 8.78 Å². The lowest BCUT2D eigenvalue weighted by atomic mass is 10.1. The highest BCUT2D eigenvalue weighted by atomic mass is 19.3. The van der Waals surface area contributed by atoms with Gasteiger partial charge < -0.3 is 9.32 Å². The van der Waals surface area contributed by atoms with E-state index in [2.05, 4.69) is 10.2 Å². The van der Waals surface area contributed by atoms with Crippen LogP contribution in [-0.4, -0.2) is 16.1 Å². The second-order valence-corrected chi connectivity index (χ2v) is 6.26. The maximum atomic E-state index is 14.7. The van der Waals surface area contributed by atoms with E-state index >= 15 is 0 Å². The monoisotopic (exact) mass is 407 g/mol. The van der Waals surface area contributed by atoms with Crippen molar-refractivity contribution in [1.29, 1.82) is 0 Å². The summed E-state index contributed by atoms with van der Waals surface area (Å²) in [7, 11) is 0. The van der Waals surface area contributed by atoms with Gasteiger partial charge in [-0.3, -0.25) is 4.79 Å². The van der Waals surface area contributed by atoms with E-state index in [4.69, 9.17) is 4.42 Å². The topological polar surface area (TPSA) is 59.2 Å². The van der Waals surface area contributed by atoms with Crippen LogP contribution in [0.4, 0.5) is 23.2 Å². The van der Waals surface area contributed by atoms with Gasteiger partial charge in [0.2, 0.25) is 11.8 Å². The van der Waals surface area contributed by atoms with Crippen LogP contribution in [0.15, 0.2) is 46.9 Å². The molecule has 3 aromatic rings. The fourth-order valence-electron chi connectivity index (χ4n) is 2.73. The average Bonchev–Trinajstić information content (AvgIpc) is 3.17. The Morgan fingerprint density at radius 2 is 1.93 bits per heavy atom. The zero-order valence-corrected chi connectivity index (χ0v) is 15.4. The third-order valence-corrected chi connectivity index (χ3v) is 4.14. The first-order chi connectivity index (χ1) is 13.9. The number of anilines is 1. The van der Waals surface area contributed by atoms with Gasteiger partial charge in [-0.05, 0) is 36.8 Å². The van der Waals surface area contributed by atoms with Gasteiger partial charge in [0.1, 0.15) is 11.6 Å². The highest BCUT2D eigenvalue weighted by Crippen LogP contribution is 2.26. The lowest BCUT2D eigenvalue weighted by Gasteiger charge is -2.23. The van der Waals surface area contributed by atoms with Crippen molar-refractivity contribution in [3.8, 4) is 11.5 Å². The number of benzene rings is 2. The molecule has 5 nitrogen and oxygen atoms in total. The molecule has 0 spiro atoms. The van der Waals surface area contributed by atoms with Gasteiger partial charge in [0, 0.05) is 23.2 Å². The first-order valence-corrected chi connectivity index (χ1v) is 8.85. The molecule has 2 aromatic carbocycles. The average molecular weight is 407 g/mol. The maximum absolute atomic E-state index is 14.7. The van der Waals surface area contributed by atoms with Crippen LogP contribution in [0.2, 0.25) is 0 Å². The normalized spacial score (nSPS) is 11.1. The Hall–Kier alpha value is -3.23. The molecule has 0 aliphatic heterocycles. The van der Waals surface area contributed by atoms with E-state index in [-0.39, 0.29) is 35.9 Å². The van der Waals surface area contributed by atoms with Crippen LogP contribution in [0.5, 0.6) is 0 Å². The zero-order chi connectivity index (χ0) is 21.0. The molecule has 0 aliphatic carbocycles. The standard InChI is InChI=1S/C20H17F4N3O2/c1-2-4-17(28)27(15-6-3-5-14(21)10-15)11-13-8-7-12(9-16(13)22)19-25-26-20(29-19)18(23)24/h3,5-10,18H,2,4,11H2,1H3. The minimum Gasteiger partial charge on any atom is -0.415 e. The number of nitrogens with zero attached hydrogens (tertiary/aromatic N) is 3. The van der Waals surface area contributed by atoms with Crippen LogP contribution in [0, 0.1) is 11.6 Å². The first-order valence-electron chi connectivity index (χ1n) is 8.85. The van der Waals surface area contributed by atoms with Crippen LogP contribution in [0.3, 0.4) is 0 Å². The molecule has 152 valence electrons. The lowest BCUT2D eigenvalue weighted by Crippen LogP contribution is -2.30. The number of rotatable bonds is 7. The summed E-state index contributed by atoms with van der Waals surface area (Å²) in [6.45, 7) is 1.70. The van der Waals surface area contributed by atoms with Crippen molar-refractivity contribution in [1.82, 2.24) is 10.2 Å². The Labute approximate surface area is 164 Å². The predicted octanol–water partition coefficient (Wildman–Crippen LogP) is 5.29. The van der Waals surface area contributed by atoms with E-state index in [9.17, 15) is 22.4 Å². The fraction of sp³-hybridized carbons (Fsp3) is 0.250. The van der Waals surface area contributed by atoms with Gasteiger partial charge >= 0.3 is 6.43 Å². The van der Waals surface area contributed by atoms with Gasteiger partial charge in [0.25, 0.3) is 5.89 Å². The predicted molar refractivity (Wildman–Crippen MR) is 97.1 cm³/mol. The Morgan fingerprint density at radius 1 is 1.14 bits per heavy atom. The summed E-state index contributed by atoms with van der Waals surface area (Å²) in [5.74, 6) is -2.58. The van der Waals surface area contributed by atoms with Crippen LogP contribution in [-0.2, 0) is 11.3 Å². The molecule has 0 bridgehead atoms. The van der Waals surface area contributed by atoms with Crippen molar-refractivity contribution in [3.63, 3.8) is 0 Å². The third kappa shape index (κ3) is 4.79. The van der Waals surface area contributed by atoms with Crippen molar-refractivity contribution in [2.75, 3.05) is 4.90 Å². The van der Waals surface area contributed by atoms with Gasteiger partial charge in [-0.1, -0.05) is 19.1 Å². The van der Waals surface area contributed by atoms with Gasteiger partial charge in [0.05, 0.1) is 6.54 Å².